The number of hydrogen-bond donors (Lipinski definition) is 2. The third kappa shape index (κ3) is 11.2. The molecule has 0 spiro atoms. The van der Waals surface area contributed by atoms with Gasteiger partial charge in [-0.15, -0.1) is 0 Å². The number of aromatic nitrogens is 2. The van der Waals surface area contributed by atoms with Crippen LogP contribution in [0.25, 0.3) is 0 Å². The number of nitrogens with one attached hydrogen (secondary N) is 2. The van der Waals surface area contributed by atoms with Crippen LogP contribution in [0.3, 0.4) is 0 Å². The summed E-state index contributed by atoms with van der Waals surface area (Å²) in [5.74, 6) is 0. The number of ether oxygens (including phenoxy) is 2. The zero-order chi connectivity index (χ0) is 14.6. The Labute approximate surface area is 162 Å². The first-order valence-electron chi connectivity index (χ1n) is 7.64. The van der Waals surface area contributed by atoms with E-state index in [9.17, 15) is 0 Å². The number of aromatic amines is 2. The van der Waals surface area contributed by atoms with Gasteiger partial charge < -0.3 is 34.3 Å². The summed E-state index contributed by atoms with van der Waals surface area (Å²) in [7, 11) is 0. The number of rotatable bonds is 2. The van der Waals surface area contributed by atoms with E-state index in [0.29, 0.717) is 0 Å². The molecule has 0 amide bonds. The topological polar surface area (TPSA) is 50.0 Å². The summed E-state index contributed by atoms with van der Waals surface area (Å²) >= 11 is -0.534. The Bertz CT molecular complexity index is 387. The molecule has 0 aromatic carbocycles. The van der Waals surface area contributed by atoms with Gasteiger partial charge in [0.25, 0.3) is 0 Å². The molecule has 0 bridgehead atoms. The van der Waals surface area contributed by atoms with Gasteiger partial charge in [-0.2, -0.15) is 0 Å². The third-order valence-corrected chi connectivity index (χ3v) is 5.97. The van der Waals surface area contributed by atoms with Gasteiger partial charge in [-0.05, 0) is 25.7 Å². The first-order valence-corrected chi connectivity index (χ1v) is 10.1. The van der Waals surface area contributed by atoms with E-state index in [1.807, 2.05) is 12.4 Å². The van der Waals surface area contributed by atoms with Gasteiger partial charge in [-0.25, -0.2) is 0 Å². The second kappa shape index (κ2) is 15.5. The van der Waals surface area contributed by atoms with Crippen molar-refractivity contribution in [2.75, 3.05) is 26.4 Å². The summed E-state index contributed by atoms with van der Waals surface area (Å²) in [6, 6.07) is 8.43. The molecule has 2 aliphatic heterocycles. The predicted octanol–water partition coefficient (Wildman–Crippen LogP) is -4.02. The molecule has 2 aromatic heterocycles. The van der Waals surface area contributed by atoms with Crippen LogP contribution in [0.4, 0.5) is 0 Å². The van der Waals surface area contributed by atoms with Crippen molar-refractivity contribution in [2.45, 2.75) is 25.7 Å². The molecule has 4 nitrogen and oxygen atoms in total. The molecular weight excluding hydrogens is 414 g/mol. The van der Waals surface area contributed by atoms with Crippen LogP contribution in [0.1, 0.15) is 25.7 Å². The van der Waals surface area contributed by atoms with Crippen LogP contribution in [0, 0.1) is 0 Å². The average molecular weight is 439 g/mol. The molecule has 2 N–H and O–H groups in total. The van der Waals surface area contributed by atoms with Gasteiger partial charge in [0.05, 0.1) is 0 Å². The van der Waals surface area contributed by atoms with E-state index in [4.69, 9.17) is 9.47 Å². The van der Waals surface area contributed by atoms with Crippen molar-refractivity contribution < 1.29 is 57.5 Å². The molecular formula is C16H24Cl2N2O2Zr. The molecule has 2 fully saturated rings. The Morgan fingerprint density at radius 3 is 1.30 bits per heavy atom. The minimum atomic E-state index is -0.534. The SMILES string of the molecule is C1CCOC1.C1CCOC1.[Cl-].[Cl-].c1c[nH][c]([Zr+2][c]2ccc[nH]2)c1. The second-order valence-electron chi connectivity index (χ2n) is 4.93. The first-order chi connectivity index (χ1) is 10.4. The van der Waals surface area contributed by atoms with E-state index in [1.165, 1.54) is 32.5 Å². The zero-order valence-corrected chi connectivity index (χ0v) is 17.2. The first kappa shape index (κ1) is 22.9. The van der Waals surface area contributed by atoms with E-state index in [0.717, 1.165) is 26.4 Å². The maximum absolute atomic E-state index is 4.94. The van der Waals surface area contributed by atoms with Gasteiger partial charge in [0, 0.05) is 26.4 Å². The van der Waals surface area contributed by atoms with Crippen LogP contribution in [0.5, 0.6) is 0 Å². The quantitative estimate of drug-likeness (QED) is 0.502. The molecule has 0 saturated carbocycles. The molecule has 23 heavy (non-hydrogen) atoms. The fourth-order valence-corrected chi connectivity index (χ4v) is 4.34. The average Bonchev–Trinajstić information content (AvgIpc) is 3.30. The minimum absolute atomic E-state index is 0. The summed E-state index contributed by atoms with van der Waals surface area (Å²) in [5, 5.41) is 0. The fourth-order valence-electron chi connectivity index (χ4n) is 1.98. The summed E-state index contributed by atoms with van der Waals surface area (Å²) in [5.41, 5.74) is 0. The van der Waals surface area contributed by atoms with Gasteiger partial charge in [-0.3, -0.25) is 0 Å². The van der Waals surface area contributed by atoms with Crippen molar-refractivity contribution >= 4 is 6.80 Å². The molecule has 0 unspecified atom stereocenters. The van der Waals surface area contributed by atoms with Crippen molar-refractivity contribution in [3.8, 4) is 0 Å². The normalized spacial score (nSPS) is 15.0. The number of halogens is 2. The Morgan fingerprint density at radius 2 is 1.09 bits per heavy atom. The van der Waals surface area contributed by atoms with E-state index >= 15 is 0 Å². The third-order valence-electron chi connectivity index (χ3n) is 3.12. The van der Waals surface area contributed by atoms with Gasteiger partial charge in [0.2, 0.25) is 0 Å². The molecule has 0 aliphatic carbocycles. The van der Waals surface area contributed by atoms with Crippen molar-refractivity contribution in [1.29, 1.82) is 0 Å². The summed E-state index contributed by atoms with van der Waals surface area (Å²) in [4.78, 5) is 6.46. The zero-order valence-electron chi connectivity index (χ0n) is 13.2. The second-order valence-corrected chi connectivity index (χ2v) is 8.19. The van der Waals surface area contributed by atoms with Gasteiger partial charge >= 0.3 is 76.7 Å². The Balaban J connectivity index is 0.000000342. The van der Waals surface area contributed by atoms with Crippen molar-refractivity contribution in [2.24, 2.45) is 0 Å². The predicted molar refractivity (Wildman–Crippen MR) is 81.0 cm³/mol. The number of H-pyrrole nitrogens is 2. The van der Waals surface area contributed by atoms with Crippen molar-refractivity contribution in [3.63, 3.8) is 0 Å². The Kier molecular flexibility index (Phi) is 15.4. The van der Waals surface area contributed by atoms with Crippen LogP contribution in [0.2, 0.25) is 0 Å². The van der Waals surface area contributed by atoms with Gasteiger partial charge in [0.1, 0.15) is 0 Å². The molecule has 7 heteroatoms. The molecule has 4 heterocycles. The fraction of sp³-hybridized carbons (Fsp3) is 0.500. The van der Waals surface area contributed by atoms with Crippen LogP contribution in [-0.4, -0.2) is 36.4 Å². The van der Waals surface area contributed by atoms with Crippen LogP contribution < -0.4 is 31.6 Å². The molecule has 0 radical (unpaired) electrons. The van der Waals surface area contributed by atoms with Crippen LogP contribution in [-0.2, 0) is 32.7 Å². The van der Waals surface area contributed by atoms with Crippen molar-refractivity contribution in [1.82, 2.24) is 9.97 Å². The van der Waals surface area contributed by atoms with E-state index in [-0.39, 0.29) is 24.8 Å². The molecule has 2 aliphatic rings. The maximum atomic E-state index is 4.94. The monoisotopic (exact) mass is 436 g/mol. The van der Waals surface area contributed by atoms with Crippen LogP contribution >= 0.6 is 0 Å². The van der Waals surface area contributed by atoms with E-state index < -0.39 is 23.2 Å². The summed E-state index contributed by atoms with van der Waals surface area (Å²) in [6.07, 6.45) is 9.08. The number of hydrogen-bond acceptors (Lipinski definition) is 2. The summed E-state index contributed by atoms with van der Waals surface area (Å²) in [6.45, 7) is 4.00. The molecule has 4 rings (SSSR count). The Hall–Kier alpha value is -0.0569. The molecule has 2 saturated heterocycles. The van der Waals surface area contributed by atoms with E-state index in [1.54, 1.807) is 0 Å². The standard InChI is InChI=1S/2C4H4N.2C4H8O.2ClH.Zr/c4*1-2-4-5-3-1;;;/h2*1-3,5H;2*1-4H2;2*1H;/q;;;;;;+2/p-2. The Morgan fingerprint density at radius 1 is 0.696 bits per heavy atom. The van der Waals surface area contributed by atoms with Gasteiger partial charge in [-0.1, -0.05) is 0 Å². The van der Waals surface area contributed by atoms with Gasteiger partial charge in [0.15, 0.2) is 0 Å². The molecule has 128 valence electrons. The molecule has 2 aromatic rings. The summed E-state index contributed by atoms with van der Waals surface area (Å²) < 4.78 is 12.7. The molecule has 0 atom stereocenters. The van der Waals surface area contributed by atoms with Crippen molar-refractivity contribution in [3.05, 3.63) is 36.7 Å². The van der Waals surface area contributed by atoms with E-state index in [2.05, 4.69) is 34.2 Å². The van der Waals surface area contributed by atoms with Crippen LogP contribution in [0.15, 0.2) is 36.7 Å².